The van der Waals surface area contributed by atoms with E-state index in [0.717, 1.165) is 31.1 Å². The number of ether oxygens (including phenoxy) is 1. The van der Waals surface area contributed by atoms with Crippen molar-refractivity contribution in [1.82, 2.24) is 5.32 Å². The molecule has 0 aliphatic carbocycles. The average Bonchev–Trinajstić information content (AvgIpc) is 2.38. The fourth-order valence-corrected chi connectivity index (χ4v) is 2.12. The number of hydrogen-bond donors (Lipinski definition) is 2. The lowest BCUT2D eigenvalue weighted by atomic mass is 10.0. The van der Waals surface area contributed by atoms with Crippen LogP contribution in [0.4, 0.5) is 5.69 Å². The van der Waals surface area contributed by atoms with Crippen LogP contribution < -0.4 is 15.4 Å². The van der Waals surface area contributed by atoms with Crippen LogP contribution in [0.5, 0.6) is 5.75 Å². The summed E-state index contributed by atoms with van der Waals surface area (Å²) in [6.07, 6.45) is 2.46. The third-order valence-electron chi connectivity index (χ3n) is 3.06. The Hall–Kier alpha value is -1.55. The SMILES string of the molecule is CC(=O)Nc1ccc(OC[C@@H]2CCCNC2)cc1. The zero-order chi connectivity index (χ0) is 12.8. The molecule has 1 aromatic carbocycles. The van der Waals surface area contributed by atoms with E-state index in [-0.39, 0.29) is 5.91 Å². The van der Waals surface area contributed by atoms with E-state index in [2.05, 4.69) is 10.6 Å². The van der Waals surface area contributed by atoms with Crippen LogP contribution >= 0.6 is 0 Å². The largest absolute Gasteiger partial charge is 0.493 e. The van der Waals surface area contributed by atoms with E-state index in [1.54, 1.807) is 0 Å². The van der Waals surface area contributed by atoms with E-state index < -0.39 is 0 Å². The maximum absolute atomic E-state index is 10.9. The van der Waals surface area contributed by atoms with Crippen LogP contribution in [0, 0.1) is 5.92 Å². The van der Waals surface area contributed by atoms with Crippen LogP contribution in [0.1, 0.15) is 19.8 Å². The summed E-state index contributed by atoms with van der Waals surface area (Å²) in [5, 5.41) is 6.11. The van der Waals surface area contributed by atoms with Gasteiger partial charge in [0, 0.05) is 25.1 Å². The summed E-state index contributed by atoms with van der Waals surface area (Å²) in [5.41, 5.74) is 0.800. The predicted octanol–water partition coefficient (Wildman–Crippen LogP) is 2.02. The Bertz CT molecular complexity index is 383. The number of benzene rings is 1. The van der Waals surface area contributed by atoms with Gasteiger partial charge in [-0.15, -0.1) is 0 Å². The third-order valence-corrected chi connectivity index (χ3v) is 3.06. The molecule has 1 saturated heterocycles. The Kier molecular flexibility index (Phi) is 4.59. The number of carbonyl (C=O) groups is 1. The van der Waals surface area contributed by atoms with E-state index in [9.17, 15) is 4.79 Å². The van der Waals surface area contributed by atoms with Gasteiger partial charge in [-0.25, -0.2) is 0 Å². The van der Waals surface area contributed by atoms with Crippen LogP contribution in [0.3, 0.4) is 0 Å². The van der Waals surface area contributed by atoms with Gasteiger partial charge in [0.05, 0.1) is 6.61 Å². The van der Waals surface area contributed by atoms with Gasteiger partial charge in [-0.05, 0) is 43.7 Å². The van der Waals surface area contributed by atoms with Crippen molar-refractivity contribution in [1.29, 1.82) is 0 Å². The molecule has 98 valence electrons. The average molecular weight is 248 g/mol. The number of nitrogens with one attached hydrogen (secondary N) is 2. The number of carbonyl (C=O) groups excluding carboxylic acids is 1. The van der Waals surface area contributed by atoms with Gasteiger partial charge in [-0.3, -0.25) is 4.79 Å². The van der Waals surface area contributed by atoms with Crippen molar-refractivity contribution in [3.63, 3.8) is 0 Å². The number of rotatable bonds is 4. The first-order valence-electron chi connectivity index (χ1n) is 6.45. The fourth-order valence-electron chi connectivity index (χ4n) is 2.12. The molecule has 0 saturated carbocycles. The molecule has 1 heterocycles. The molecule has 1 aromatic rings. The highest BCUT2D eigenvalue weighted by Gasteiger charge is 2.13. The van der Waals surface area contributed by atoms with Gasteiger partial charge < -0.3 is 15.4 Å². The lowest BCUT2D eigenvalue weighted by Gasteiger charge is -2.22. The minimum absolute atomic E-state index is 0.0584. The highest BCUT2D eigenvalue weighted by atomic mass is 16.5. The van der Waals surface area contributed by atoms with Crippen LogP contribution in [-0.4, -0.2) is 25.6 Å². The minimum Gasteiger partial charge on any atom is -0.493 e. The zero-order valence-electron chi connectivity index (χ0n) is 10.7. The van der Waals surface area contributed by atoms with Gasteiger partial charge in [-0.2, -0.15) is 0 Å². The smallest absolute Gasteiger partial charge is 0.221 e. The molecule has 1 amide bonds. The van der Waals surface area contributed by atoms with E-state index >= 15 is 0 Å². The van der Waals surface area contributed by atoms with Gasteiger partial charge >= 0.3 is 0 Å². The molecule has 0 aromatic heterocycles. The van der Waals surface area contributed by atoms with Crippen molar-refractivity contribution in [2.45, 2.75) is 19.8 Å². The first-order valence-corrected chi connectivity index (χ1v) is 6.45. The van der Waals surface area contributed by atoms with Gasteiger partial charge in [0.2, 0.25) is 5.91 Å². The maximum Gasteiger partial charge on any atom is 0.221 e. The van der Waals surface area contributed by atoms with Gasteiger partial charge in [0.25, 0.3) is 0 Å². The van der Waals surface area contributed by atoms with E-state index in [0.29, 0.717) is 5.92 Å². The summed E-state index contributed by atoms with van der Waals surface area (Å²) in [7, 11) is 0. The first-order chi connectivity index (χ1) is 8.74. The van der Waals surface area contributed by atoms with E-state index in [1.807, 2.05) is 24.3 Å². The summed E-state index contributed by atoms with van der Waals surface area (Å²) in [6.45, 7) is 4.43. The molecule has 0 radical (unpaired) electrons. The number of piperidine rings is 1. The number of hydrogen-bond acceptors (Lipinski definition) is 3. The highest BCUT2D eigenvalue weighted by Crippen LogP contribution is 2.18. The van der Waals surface area contributed by atoms with E-state index in [4.69, 9.17) is 4.74 Å². The molecule has 0 bridgehead atoms. The summed E-state index contributed by atoms with van der Waals surface area (Å²) in [6, 6.07) is 7.49. The first kappa shape index (κ1) is 12.9. The van der Waals surface area contributed by atoms with Gasteiger partial charge in [0.15, 0.2) is 0 Å². The topological polar surface area (TPSA) is 50.4 Å². The predicted molar refractivity (Wildman–Crippen MR) is 71.8 cm³/mol. The Morgan fingerprint density at radius 3 is 2.83 bits per heavy atom. The molecule has 1 atom stereocenters. The van der Waals surface area contributed by atoms with Crippen molar-refractivity contribution >= 4 is 11.6 Å². The maximum atomic E-state index is 10.9. The Balaban J connectivity index is 1.80. The molecule has 1 aliphatic heterocycles. The molecule has 2 rings (SSSR count). The van der Waals surface area contributed by atoms with E-state index in [1.165, 1.54) is 19.8 Å². The summed E-state index contributed by atoms with van der Waals surface area (Å²) in [4.78, 5) is 10.9. The zero-order valence-corrected chi connectivity index (χ0v) is 10.7. The highest BCUT2D eigenvalue weighted by molar-refractivity contribution is 5.88. The standard InChI is InChI=1S/C14H20N2O2/c1-11(17)16-13-4-6-14(7-5-13)18-10-12-3-2-8-15-9-12/h4-7,12,15H,2-3,8-10H2,1H3,(H,16,17)/t12-/m1/s1. The lowest BCUT2D eigenvalue weighted by molar-refractivity contribution is -0.114. The van der Waals surface area contributed by atoms with Gasteiger partial charge in [0.1, 0.15) is 5.75 Å². The summed E-state index contributed by atoms with van der Waals surface area (Å²) in [5.74, 6) is 1.40. The molecule has 0 unspecified atom stereocenters. The van der Waals surface area contributed by atoms with Crippen LogP contribution in [-0.2, 0) is 4.79 Å². The van der Waals surface area contributed by atoms with Gasteiger partial charge in [-0.1, -0.05) is 0 Å². The third kappa shape index (κ3) is 4.04. The molecule has 4 nitrogen and oxygen atoms in total. The minimum atomic E-state index is -0.0584. The summed E-state index contributed by atoms with van der Waals surface area (Å²) >= 11 is 0. The summed E-state index contributed by atoms with van der Waals surface area (Å²) < 4.78 is 5.75. The second-order valence-corrected chi connectivity index (χ2v) is 4.73. The van der Waals surface area contributed by atoms with Crippen molar-refractivity contribution in [2.75, 3.05) is 25.0 Å². The van der Waals surface area contributed by atoms with Crippen LogP contribution in [0.15, 0.2) is 24.3 Å². The Morgan fingerprint density at radius 2 is 2.22 bits per heavy atom. The molecule has 2 N–H and O–H groups in total. The molecular formula is C14H20N2O2. The van der Waals surface area contributed by atoms with Crippen molar-refractivity contribution in [3.05, 3.63) is 24.3 Å². The number of anilines is 1. The molecule has 1 fully saturated rings. The number of amides is 1. The van der Waals surface area contributed by atoms with Crippen LogP contribution in [0.2, 0.25) is 0 Å². The van der Waals surface area contributed by atoms with Crippen LogP contribution in [0.25, 0.3) is 0 Å². The monoisotopic (exact) mass is 248 g/mol. The molecule has 18 heavy (non-hydrogen) atoms. The quantitative estimate of drug-likeness (QED) is 0.857. The normalized spacial score (nSPS) is 19.3. The molecule has 0 spiro atoms. The van der Waals surface area contributed by atoms with Crippen molar-refractivity contribution < 1.29 is 9.53 Å². The van der Waals surface area contributed by atoms with Crippen molar-refractivity contribution in [2.24, 2.45) is 5.92 Å². The Morgan fingerprint density at radius 1 is 1.44 bits per heavy atom. The second kappa shape index (κ2) is 6.40. The molecule has 4 heteroatoms. The fraction of sp³-hybridized carbons (Fsp3) is 0.500. The molecule has 1 aliphatic rings. The van der Waals surface area contributed by atoms with Crippen molar-refractivity contribution in [3.8, 4) is 5.75 Å². The lowest BCUT2D eigenvalue weighted by Crippen LogP contribution is -2.33. The second-order valence-electron chi connectivity index (χ2n) is 4.73. The Labute approximate surface area is 108 Å². The molecular weight excluding hydrogens is 228 g/mol.